The van der Waals surface area contributed by atoms with Gasteiger partial charge in [-0.1, -0.05) is 60.7 Å². The van der Waals surface area contributed by atoms with Gasteiger partial charge in [0.1, 0.15) is 5.75 Å². The van der Waals surface area contributed by atoms with Crippen molar-refractivity contribution < 1.29 is 9.53 Å². The van der Waals surface area contributed by atoms with Crippen LogP contribution in [0.3, 0.4) is 0 Å². The average Bonchev–Trinajstić information content (AvgIpc) is 3.23. The molecule has 5 rings (SSSR count). The predicted molar refractivity (Wildman–Crippen MR) is 124 cm³/mol. The molecule has 0 unspecified atom stereocenters. The van der Waals surface area contributed by atoms with Crippen LogP contribution in [0.1, 0.15) is 28.4 Å². The topological polar surface area (TPSA) is 66.1 Å². The number of H-pyrrole nitrogens is 1. The van der Waals surface area contributed by atoms with Crippen LogP contribution < -0.4 is 15.4 Å². The van der Waals surface area contributed by atoms with Gasteiger partial charge in [0.05, 0.1) is 13.2 Å². The molecule has 0 radical (unpaired) electrons. The molecule has 2 heterocycles. The lowest BCUT2D eigenvalue weighted by Crippen LogP contribution is -2.30. The van der Waals surface area contributed by atoms with E-state index in [2.05, 4.69) is 52.0 Å². The first-order chi connectivity index (χ1) is 15.3. The molecule has 0 saturated carbocycles. The van der Waals surface area contributed by atoms with E-state index < -0.39 is 0 Å². The van der Waals surface area contributed by atoms with Crippen LogP contribution in [0.5, 0.6) is 5.75 Å². The summed E-state index contributed by atoms with van der Waals surface area (Å²) >= 11 is 0. The standard InChI is InChI=1S/C18H18N2O.C8H9NO/c1-21-13-8-6-12(7-9-13)17-18-15(10-11-19-17)14-4-2-3-5-16(14)20-18;10-7-9-6-8-4-2-1-3-5-8/h2-9,17,19-20H,10-11H2,1H3;1-5,7H,6H2,(H,9,10)/t17-;/m0./s1. The molecule has 31 heavy (non-hydrogen) atoms. The predicted octanol–water partition coefficient (Wildman–Crippen LogP) is 4.34. The zero-order valence-electron chi connectivity index (χ0n) is 17.6. The molecule has 0 spiro atoms. The third kappa shape index (κ3) is 4.78. The van der Waals surface area contributed by atoms with Gasteiger partial charge >= 0.3 is 0 Å². The number of aromatic amines is 1. The molecule has 1 aliphatic heterocycles. The molecule has 0 bridgehead atoms. The number of para-hydroxylation sites is 1. The molecule has 0 aliphatic carbocycles. The summed E-state index contributed by atoms with van der Waals surface area (Å²) in [7, 11) is 1.70. The lowest BCUT2D eigenvalue weighted by molar-refractivity contribution is -0.109. The van der Waals surface area contributed by atoms with Crippen molar-refractivity contribution in [1.29, 1.82) is 0 Å². The molecule has 158 valence electrons. The van der Waals surface area contributed by atoms with Crippen molar-refractivity contribution in [1.82, 2.24) is 15.6 Å². The maximum atomic E-state index is 9.87. The lowest BCUT2D eigenvalue weighted by Gasteiger charge is -2.25. The van der Waals surface area contributed by atoms with E-state index in [1.54, 1.807) is 7.11 Å². The Labute approximate surface area is 182 Å². The molecular formula is C26H27N3O2. The third-order valence-electron chi connectivity index (χ3n) is 5.54. The quantitative estimate of drug-likeness (QED) is 0.426. The Bertz CT molecular complexity index is 1120. The number of hydrogen-bond acceptors (Lipinski definition) is 3. The number of hydrogen-bond donors (Lipinski definition) is 3. The van der Waals surface area contributed by atoms with Gasteiger partial charge in [-0.2, -0.15) is 0 Å². The van der Waals surface area contributed by atoms with Gasteiger partial charge < -0.3 is 20.4 Å². The normalized spacial score (nSPS) is 14.8. The average molecular weight is 414 g/mol. The van der Waals surface area contributed by atoms with Crippen molar-refractivity contribution in [3.63, 3.8) is 0 Å². The number of benzene rings is 3. The maximum absolute atomic E-state index is 9.87. The van der Waals surface area contributed by atoms with Gasteiger partial charge in [0, 0.05) is 29.7 Å². The Morgan fingerprint density at radius 3 is 2.48 bits per heavy atom. The first kappa shape index (κ1) is 20.7. The number of fused-ring (bicyclic) bond motifs is 3. The van der Waals surface area contributed by atoms with E-state index in [1.807, 2.05) is 42.5 Å². The Hall–Kier alpha value is -3.57. The minimum Gasteiger partial charge on any atom is -0.497 e. The highest BCUT2D eigenvalue weighted by Crippen LogP contribution is 2.33. The highest BCUT2D eigenvalue weighted by molar-refractivity contribution is 5.85. The lowest BCUT2D eigenvalue weighted by atomic mass is 9.94. The summed E-state index contributed by atoms with van der Waals surface area (Å²) in [6, 6.07) is 26.9. The summed E-state index contributed by atoms with van der Waals surface area (Å²) in [6.07, 6.45) is 1.78. The summed E-state index contributed by atoms with van der Waals surface area (Å²) in [5.74, 6) is 0.895. The molecule has 0 fully saturated rings. The molecule has 3 aromatic carbocycles. The van der Waals surface area contributed by atoms with Gasteiger partial charge in [-0.05, 0) is 41.3 Å². The highest BCUT2D eigenvalue weighted by atomic mass is 16.5. The van der Waals surface area contributed by atoms with Crippen LogP contribution in [0, 0.1) is 0 Å². The highest BCUT2D eigenvalue weighted by Gasteiger charge is 2.24. The van der Waals surface area contributed by atoms with E-state index in [0.717, 1.165) is 24.3 Å². The summed E-state index contributed by atoms with van der Waals surface area (Å²) in [5, 5.41) is 7.56. The smallest absolute Gasteiger partial charge is 0.207 e. The first-order valence-electron chi connectivity index (χ1n) is 10.5. The molecule has 1 aromatic heterocycles. The van der Waals surface area contributed by atoms with Crippen LogP contribution in [0.15, 0.2) is 78.9 Å². The van der Waals surface area contributed by atoms with E-state index in [0.29, 0.717) is 13.0 Å². The van der Waals surface area contributed by atoms with E-state index >= 15 is 0 Å². The van der Waals surface area contributed by atoms with Crippen molar-refractivity contribution in [3.8, 4) is 5.75 Å². The first-order valence-corrected chi connectivity index (χ1v) is 10.5. The summed E-state index contributed by atoms with van der Waals surface area (Å²) in [6.45, 7) is 1.62. The maximum Gasteiger partial charge on any atom is 0.207 e. The van der Waals surface area contributed by atoms with Gasteiger partial charge in [0.2, 0.25) is 6.41 Å². The second-order valence-electron chi connectivity index (χ2n) is 7.46. The SMILES string of the molecule is COc1ccc([C@@H]2NCCc3c2[nH]c2ccccc32)cc1.O=CNCc1ccccc1. The Kier molecular flexibility index (Phi) is 6.65. The fourth-order valence-corrected chi connectivity index (χ4v) is 4.02. The van der Waals surface area contributed by atoms with Crippen LogP contribution >= 0.6 is 0 Å². The molecular weight excluding hydrogens is 386 g/mol. The Balaban J connectivity index is 0.000000196. The number of rotatable bonds is 5. The van der Waals surface area contributed by atoms with E-state index in [4.69, 9.17) is 4.74 Å². The molecule has 0 saturated heterocycles. The second-order valence-corrected chi connectivity index (χ2v) is 7.46. The number of carbonyl (C=O) groups excluding carboxylic acids is 1. The molecule has 1 aliphatic rings. The van der Waals surface area contributed by atoms with Gasteiger partial charge in [-0.15, -0.1) is 0 Å². The summed E-state index contributed by atoms with van der Waals surface area (Å²) < 4.78 is 5.25. The van der Waals surface area contributed by atoms with Crippen molar-refractivity contribution >= 4 is 17.3 Å². The largest absolute Gasteiger partial charge is 0.497 e. The van der Waals surface area contributed by atoms with Crippen molar-refractivity contribution in [3.05, 3.63) is 101 Å². The molecule has 5 heteroatoms. The molecule has 5 nitrogen and oxygen atoms in total. The van der Waals surface area contributed by atoms with Crippen LogP contribution in [0.4, 0.5) is 0 Å². The van der Waals surface area contributed by atoms with Crippen LogP contribution in [0.25, 0.3) is 10.9 Å². The number of aromatic nitrogens is 1. The van der Waals surface area contributed by atoms with Crippen molar-refractivity contribution in [2.24, 2.45) is 0 Å². The molecule has 1 amide bonds. The van der Waals surface area contributed by atoms with Gasteiger partial charge in [0.15, 0.2) is 0 Å². The fourth-order valence-electron chi connectivity index (χ4n) is 4.02. The number of methoxy groups -OCH3 is 1. The monoisotopic (exact) mass is 413 g/mol. The van der Waals surface area contributed by atoms with E-state index in [9.17, 15) is 4.79 Å². The van der Waals surface area contributed by atoms with Crippen LogP contribution in [0.2, 0.25) is 0 Å². The van der Waals surface area contributed by atoms with Gasteiger partial charge in [0.25, 0.3) is 0 Å². The summed E-state index contributed by atoms with van der Waals surface area (Å²) in [4.78, 5) is 13.5. The van der Waals surface area contributed by atoms with Crippen molar-refractivity contribution in [2.75, 3.05) is 13.7 Å². The van der Waals surface area contributed by atoms with Crippen LogP contribution in [-0.4, -0.2) is 25.0 Å². The minimum atomic E-state index is 0.229. The van der Waals surface area contributed by atoms with E-state index in [1.165, 1.54) is 27.7 Å². The van der Waals surface area contributed by atoms with Gasteiger partial charge in [-0.3, -0.25) is 4.79 Å². The number of amides is 1. The third-order valence-corrected chi connectivity index (χ3v) is 5.54. The van der Waals surface area contributed by atoms with Crippen LogP contribution in [-0.2, 0) is 17.8 Å². The molecule has 4 aromatic rings. The number of ether oxygens (including phenoxy) is 1. The van der Waals surface area contributed by atoms with Gasteiger partial charge in [-0.25, -0.2) is 0 Å². The number of nitrogens with one attached hydrogen (secondary N) is 3. The second kappa shape index (κ2) is 9.96. The zero-order valence-corrected chi connectivity index (χ0v) is 17.6. The van der Waals surface area contributed by atoms with Crippen molar-refractivity contribution in [2.45, 2.75) is 19.0 Å². The Morgan fingerprint density at radius 1 is 1.00 bits per heavy atom. The molecule has 3 N–H and O–H groups in total. The Morgan fingerprint density at radius 2 is 1.74 bits per heavy atom. The fraction of sp³-hybridized carbons (Fsp3) is 0.192. The summed E-state index contributed by atoms with van der Waals surface area (Å²) in [5.41, 5.74) is 6.36. The molecule has 1 atom stereocenters. The number of carbonyl (C=O) groups is 1. The van der Waals surface area contributed by atoms with E-state index in [-0.39, 0.29) is 6.04 Å². The zero-order chi connectivity index (χ0) is 21.5. The minimum absolute atomic E-state index is 0.229.